The Morgan fingerprint density at radius 1 is 1.38 bits per heavy atom. The first kappa shape index (κ1) is 16.8. The molecule has 0 bridgehead atoms. The van der Waals surface area contributed by atoms with E-state index in [2.05, 4.69) is 26.6 Å². The van der Waals surface area contributed by atoms with Crippen molar-refractivity contribution in [2.24, 2.45) is 20.0 Å². The van der Waals surface area contributed by atoms with Crippen LogP contribution in [-0.2, 0) is 20.6 Å². The van der Waals surface area contributed by atoms with E-state index in [0.29, 0.717) is 36.6 Å². The van der Waals surface area contributed by atoms with E-state index in [-0.39, 0.29) is 5.56 Å². The fourth-order valence-corrected chi connectivity index (χ4v) is 3.44. The molecule has 136 valence electrons. The highest BCUT2D eigenvalue weighted by Gasteiger charge is 2.40. The Kier molecular flexibility index (Phi) is 4.46. The van der Waals surface area contributed by atoms with Gasteiger partial charge in [-0.1, -0.05) is 0 Å². The van der Waals surface area contributed by atoms with E-state index in [1.807, 2.05) is 17.9 Å². The van der Waals surface area contributed by atoms with Gasteiger partial charge in [0, 0.05) is 49.3 Å². The summed E-state index contributed by atoms with van der Waals surface area (Å²) in [5.74, 6) is 1.34. The molecule has 26 heavy (non-hydrogen) atoms. The number of thiazole rings is 1. The third-order valence-corrected chi connectivity index (χ3v) is 5.24. The molecule has 3 heterocycles. The van der Waals surface area contributed by atoms with Gasteiger partial charge in [-0.2, -0.15) is 5.10 Å². The second-order valence-electron chi connectivity index (χ2n) is 6.47. The highest BCUT2D eigenvalue weighted by molar-refractivity contribution is 7.09. The molecule has 3 aromatic rings. The molecule has 1 fully saturated rings. The third-order valence-electron chi connectivity index (χ3n) is 4.46. The average molecular weight is 372 g/mol. The molecular weight excluding hydrogens is 352 g/mol. The van der Waals surface area contributed by atoms with E-state index in [4.69, 9.17) is 4.74 Å². The number of ether oxygens (including phenoxy) is 1. The zero-order valence-corrected chi connectivity index (χ0v) is 15.4. The monoisotopic (exact) mass is 372 g/mol. The molecule has 1 aliphatic carbocycles. The van der Waals surface area contributed by atoms with Gasteiger partial charge in [0.25, 0.3) is 5.56 Å². The molecule has 8 nitrogen and oxygen atoms in total. The lowest BCUT2D eigenvalue weighted by Gasteiger charge is -2.10. The molecule has 2 atom stereocenters. The van der Waals surface area contributed by atoms with Crippen LogP contribution in [0.4, 0.5) is 5.69 Å². The molecule has 1 N–H and O–H groups in total. The van der Waals surface area contributed by atoms with Gasteiger partial charge in [0.05, 0.1) is 24.4 Å². The number of aryl methyl sites for hydroxylation is 2. The van der Waals surface area contributed by atoms with Gasteiger partial charge >= 0.3 is 0 Å². The number of hydrogen-bond donors (Lipinski definition) is 1. The van der Waals surface area contributed by atoms with Crippen LogP contribution in [0.3, 0.4) is 0 Å². The second kappa shape index (κ2) is 6.91. The van der Waals surface area contributed by atoms with E-state index < -0.39 is 0 Å². The number of aromatic nitrogens is 5. The summed E-state index contributed by atoms with van der Waals surface area (Å²) < 4.78 is 8.97. The SMILES string of the molecule is Cn1ccc([C@@H]2CC2COc2cc(NCc3cncs3)c(=O)n(C)n2)n1. The van der Waals surface area contributed by atoms with Gasteiger partial charge in [-0.05, 0) is 12.5 Å². The van der Waals surface area contributed by atoms with Gasteiger partial charge < -0.3 is 10.1 Å². The van der Waals surface area contributed by atoms with E-state index in [9.17, 15) is 4.79 Å². The van der Waals surface area contributed by atoms with Crippen LogP contribution < -0.4 is 15.6 Å². The maximum Gasteiger partial charge on any atom is 0.290 e. The van der Waals surface area contributed by atoms with Gasteiger partial charge in [-0.3, -0.25) is 14.5 Å². The van der Waals surface area contributed by atoms with Gasteiger partial charge in [0.15, 0.2) is 0 Å². The van der Waals surface area contributed by atoms with Crippen molar-refractivity contribution >= 4 is 17.0 Å². The lowest BCUT2D eigenvalue weighted by atomic mass is 10.2. The summed E-state index contributed by atoms with van der Waals surface area (Å²) in [6.07, 6.45) is 4.81. The van der Waals surface area contributed by atoms with Crippen LogP contribution in [0.25, 0.3) is 0 Å². The molecule has 0 spiro atoms. The first-order valence-electron chi connectivity index (χ1n) is 8.42. The first-order valence-corrected chi connectivity index (χ1v) is 9.30. The Hall–Kier alpha value is -2.68. The van der Waals surface area contributed by atoms with Crippen LogP contribution >= 0.6 is 11.3 Å². The molecule has 0 saturated heterocycles. The maximum absolute atomic E-state index is 12.2. The van der Waals surface area contributed by atoms with E-state index in [1.165, 1.54) is 4.68 Å². The summed E-state index contributed by atoms with van der Waals surface area (Å²) in [6.45, 7) is 1.12. The van der Waals surface area contributed by atoms with Gasteiger partial charge in [-0.25, -0.2) is 4.68 Å². The molecule has 0 amide bonds. The summed E-state index contributed by atoms with van der Waals surface area (Å²) >= 11 is 1.54. The van der Waals surface area contributed by atoms with Crippen LogP contribution in [0.1, 0.15) is 22.9 Å². The van der Waals surface area contributed by atoms with Crippen molar-refractivity contribution in [1.82, 2.24) is 24.5 Å². The summed E-state index contributed by atoms with van der Waals surface area (Å²) in [4.78, 5) is 17.3. The van der Waals surface area contributed by atoms with Gasteiger partial charge in [0.1, 0.15) is 5.69 Å². The average Bonchev–Trinajstić information content (AvgIpc) is 3.00. The summed E-state index contributed by atoms with van der Waals surface area (Å²) in [7, 11) is 3.55. The predicted molar refractivity (Wildman–Crippen MR) is 98.5 cm³/mol. The Morgan fingerprint density at radius 3 is 3.00 bits per heavy atom. The minimum Gasteiger partial charge on any atom is -0.476 e. The highest BCUT2D eigenvalue weighted by atomic mass is 32.1. The molecule has 4 rings (SSSR count). The molecule has 0 aromatic carbocycles. The number of anilines is 1. The first-order chi connectivity index (χ1) is 12.6. The van der Waals surface area contributed by atoms with Crippen molar-refractivity contribution in [3.8, 4) is 5.88 Å². The number of nitrogens with one attached hydrogen (secondary N) is 1. The number of hydrogen-bond acceptors (Lipinski definition) is 7. The Morgan fingerprint density at radius 2 is 2.27 bits per heavy atom. The molecule has 1 aliphatic rings. The number of rotatable bonds is 7. The summed E-state index contributed by atoms with van der Waals surface area (Å²) in [6, 6.07) is 3.72. The van der Waals surface area contributed by atoms with Crippen LogP contribution in [0.5, 0.6) is 5.88 Å². The molecular formula is C17H20N6O2S. The molecule has 0 aliphatic heterocycles. The van der Waals surface area contributed by atoms with Crippen molar-refractivity contribution in [2.75, 3.05) is 11.9 Å². The molecule has 1 saturated carbocycles. The Labute approximate surface area is 154 Å². The second-order valence-corrected chi connectivity index (χ2v) is 7.44. The zero-order valence-electron chi connectivity index (χ0n) is 14.6. The van der Waals surface area contributed by atoms with E-state index >= 15 is 0 Å². The summed E-state index contributed by atoms with van der Waals surface area (Å²) in [5, 5.41) is 11.8. The van der Waals surface area contributed by atoms with Crippen molar-refractivity contribution in [2.45, 2.75) is 18.9 Å². The smallest absolute Gasteiger partial charge is 0.290 e. The van der Waals surface area contributed by atoms with Crippen molar-refractivity contribution in [1.29, 1.82) is 0 Å². The minimum atomic E-state index is -0.181. The topological polar surface area (TPSA) is 86.9 Å². The molecule has 3 aromatic heterocycles. The van der Waals surface area contributed by atoms with Crippen LogP contribution in [0.2, 0.25) is 0 Å². The van der Waals surface area contributed by atoms with Crippen LogP contribution in [0, 0.1) is 5.92 Å². The highest BCUT2D eigenvalue weighted by Crippen LogP contribution is 2.46. The van der Waals surface area contributed by atoms with Crippen LogP contribution in [-0.4, -0.2) is 31.2 Å². The van der Waals surface area contributed by atoms with Crippen molar-refractivity contribution in [3.63, 3.8) is 0 Å². The largest absolute Gasteiger partial charge is 0.476 e. The Bertz CT molecular complexity index is 949. The van der Waals surface area contributed by atoms with E-state index in [0.717, 1.165) is 17.0 Å². The fraction of sp³-hybridized carbons (Fsp3) is 0.412. The van der Waals surface area contributed by atoms with Crippen molar-refractivity contribution < 1.29 is 4.74 Å². The minimum absolute atomic E-state index is 0.181. The fourth-order valence-electron chi connectivity index (χ4n) is 2.91. The Balaban J connectivity index is 1.38. The summed E-state index contributed by atoms with van der Waals surface area (Å²) in [5.41, 5.74) is 3.17. The predicted octanol–water partition coefficient (Wildman–Crippen LogP) is 1.76. The maximum atomic E-state index is 12.2. The van der Waals surface area contributed by atoms with E-state index in [1.54, 1.807) is 36.2 Å². The molecule has 0 radical (unpaired) electrons. The third kappa shape index (κ3) is 3.62. The van der Waals surface area contributed by atoms with Crippen LogP contribution in [0.15, 0.2) is 34.8 Å². The standard InChI is InChI=1S/C17H20N6O2S/c1-22-4-3-14(20-22)13-5-11(13)9-25-16-6-15(17(24)23(2)21-16)19-8-12-7-18-10-26-12/h3-4,6-7,10-11,13,19H,5,8-9H2,1-2H3/t11?,13-/m1/s1. The quantitative estimate of drug-likeness (QED) is 0.680. The molecule has 1 unspecified atom stereocenters. The normalized spacial score (nSPS) is 18.7. The molecule has 9 heteroatoms. The number of nitrogens with zero attached hydrogens (tertiary/aromatic N) is 5. The van der Waals surface area contributed by atoms with Gasteiger partial charge in [0.2, 0.25) is 5.88 Å². The zero-order chi connectivity index (χ0) is 18.1. The van der Waals surface area contributed by atoms with Gasteiger partial charge in [-0.15, -0.1) is 16.4 Å². The van der Waals surface area contributed by atoms with Crippen molar-refractivity contribution in [3.05, 3.63) is 51.0 Å². The lowest BCUT2D eigenvalue weighted by molar-refractivity contribution is 0.278. The lowest BCUT2D eigenvalue weighted by Crippen LogP contribution is -2.24.